The van der Waals surface area contributed by atoms with Gasteiger partial charge in [0.1, 0.15) is 5.82 Å². The molecule has 4 nitrogen and oxygen atoms in total. The van der Waals surface area contributed by atoms with Gasteiger partial charge in [0.15, 0.2) is 0 Å². The van der Waals surface area contributed by atoms with E-state index in [9.17, 15) is 14.0 Å². The monoisotopic (exact) mass is 257 g/mol. The van der Waals surface area contributed by atoms with E-state index in [1.165, 1.54) is 19.1 Å². The molecule has 17 heavy (non-hydrogen) atoms. The highest BCUT2D eigenvalue weighted by atomic mass is 35.5. The standard InChI is InChI=1S/C11H9ClFNO3/c1-6(15)14-10-5-8(12)9(13)4-7(10)2-3-11(16)17/h2-5H,1H3,(H,14,15)(H,16,17). The van der Waals surface area contributed by atoms with Gasteiger partial charge in [0, 0.05) is 24.3 Å². The zero-order chi connectivity index (χ0) is 13.0. The highest BCUT2D eigenvalue weighted by Gasteiger charge is 2.08. The zero-order valence-electron chi connectivity index (χ0n) is 8.83. The van der Waals surface area contributed by atoms with Crippen molar-refractivity contribution < 1.29 is 19.1 Å². The van der Waals surface area contributed by atoms with Gasteiger partial charge in [-0.05, 0) is 18.2 Å². The molecule has 0 spiro atoms. The summed E-state index contributed by atoms with van der Waals surface area (Å²) >= 11 is 5.57. The van der Waals surface area contributed by atoms with Crippen molar-refractivity contribution in [3.63, 3.8) is 0 Å². The van der Waals surface area contributed by atoms with E-state index in [4.69, 9.17) is 16.7 Å². The molecule has 0 unspecified atom stereocenters. The first-order chi connectivity index (χ1) is 7.90. The fourth-order valence-corrected chi connectivity index (χ4v) is 1.32. The van der Waals surface area contributed by atoms with Crippen LogP contribution >= 0.6 is 11.6 Å². The van der Waals surface area contributed by atoms with Gasteiger partial charge >= 0.3 is 5.97 Å². The number of carbonyl (C=O) groups is 2. The Bertz CT molecular complexity index is 500. The highest BCUT2D eigenvalue weighted by molar-refractivity contribution is 6.31. The third-order valence-electron chi connectivity index (χ3n) is 1.81. The number of nitrogens with one attached hydrogen (secondary N) is 1. The van der Waals surface area contributed by atoms with Crippen LogP contribution in [0.25, 0.3) is 6.08 Å². The first kappa shape index (κ1) is 13.2. The predicted octanol–water partition coefficient (Wildman–Crippen LogP) is 2.54. The fourth-order valence-electron chi connectivity index (χ4n) is 1.16. The Labute approximate surface area is 102 Å². The minimum atomic E-state index is -1.17. The van der Waals surface area contributed by atoms with Gasteiger partial charge in [-0.1, -0.05) is 11.6 Å². The third kappa shape index (κ3) is 3.88. The Balaban J connectivity index is 3.20. The summed E-state index contributed by atoms with van der Waals surface area (Å²) in [5, 5.41) is 10.8. The molecule has 0 bridgehead atoms. The summed E-state index contributed by atoms with van der Waals surface area (Å²) in [5.74, 6) is -2.22. The Morgan fingerprint density at radius 1 is 1.47 bits per heavy atom. The lowest BCUT2D eigenvalue weighted by Gasteiger charge is -2.07. The quantitative estimate of drug-likeness (QED) is 0.818. The summed E-state index contributed by atoms with van der Waals surface area (Å²) in [6.07, 6.45) is 2.01. The van der Waals surface area contributed by atoms with Gasteiger partial charge in [0.25, 0.3) is 0 Å². The van der Waals surface area contributed by atoms with Gasteiger partial charge < -0.3 is 10.4 Å². The van der Waals surface area contributed by atoms with Gasteiger partial charge in [-0.3, -0.25) is 4.79 Å². The van der Waals surface area contributed by atoms with E-state index in [-0.39, 0.29) is 22.2 Å². The molecule has 90 valence electrons. The average Bonchev–Trinajstić information content (AvgIpc) is 2.20. The number of halogens is 2. The van der Waals surface area contributed by atoms with Crippen LogP contribution in [0.1, 0.15) is 12.5 Å². The fraction of sp³-hybridized carbons (Fsp3) is 0.0909. The molecule has 0 aromatic heterocycles. The maximum Gasteiger partial charge on any atom is 0.328 e. The zero-order valence-corrected chi connectivity index (χ0v) is 9.58. The normalized spacial score (nSPS) is 10.5. The second-order valence-corrected chi connectivity index (χ2v) is 3.61. The number of benzene rings is 1. The number of carboxylic acid groups (broad SMARTS) is 1. The first-order valence-corrected chi connectivity index (χ1v) is 4.95. The summed E-state index contributed by atoms with van der Waals surface area (Å²) in [6.45, 7) is 1.28. The van der Waals surface area contributed by atoms with Crippen LogP contribution in [0.3, 0.4) is 0 Å². The first-order valence-electron chi connectivity index (χ1n) is 4.58. The Hall–Kier alpha value is -1.88. The topological polar surface area (TPSA) is 66.4 Å². The van der Waals surface area contributed by atoms with E-state index in [2.05, 4.69) is 5.32 Å². The number of hydrogen-bond donors (Lipinski definition) is 2. The smallest absolute Gasteiger partial charge is 0.328 e. The van der Waals surface area contributed by atoms with E-state index >= 15 is 0 Å². The molecule has 1 amide bonds. The van der Waals surface area contributed by atoms with Crippen molar-refractivity contribution in [2.45, 2.75) is 6.92 Å². The number of amides is 1. The molecule has 0 saturated carbocycles. The van der Waals surface area contributed by atoms with Crippen LogP contribution in [0, 0.1) is 5.82 Å². The van der Waals surface area contributed by atoms with Crippen LogP contribution in [0.2, 0.25) is 5.02 Å². The molecule has 0 aliphatic heterocycles. The molecular weight excluding hydrogens is 249 g/mol. The van der Waals surface area contributed by atoms with E-state index in [1.54, 1.807) is 0 Å². The number of hydrogen-bond acceptors (Lipinski definition) is 2. The molecule has 1 aromatic carbocycles. The van der Waals surface area contributed by atoms with Crippen molar-refractivity contribution in [1.29, 1.82) is 0 Å². The van der Waals surface area contributed by atoms with Crippen LogP contribution < -0.4 is 5.32 Å². The summed E-state index contributed by atoms with van der Waals surface area (Å²) in [4.78, 5) is 21.3. The molecule has 6 heteroatoms. The van der Waals surface area contributed by atoms with Crippen molar-refractivity contribution >= 4 is 35.2 Å². The molecule has 0 aliphatic rings. The van der Waals surface area contributed by atoms with Crippen LogP contribution in [0.5, 0.6) is 0 Å². The molecule has 0 aliphatic carbocycles. The van der Waals surface area contributed by atoms with Gasteiger partial charge in [-0.15, -0.1) is 0 Å². The minimum Gasteiger partial charge on any atom is -0.478 e. The summed E-state index contributed by atoms with van der Waals surface area (Å²) in [7, 11) is 0. The minimum absolute atomic E-state index is 0.152. The van der Waals surface area contributed by atoms with Crippen LogP contribution in [-0.4, -0.2) is 17.0 Å². The SMILES string of the molecule is CC(=O)Nc1cc(Cl)c(F)cc1C=CC(=O)O. The van der Waals surface area contributed by atoms with E-state index in [0.29, 0.717) is 0 Å². The van der Waals surface area contributed by atoms with Crippen molar-refractivity contribution in [2.24, 2.45) is 0 Å². The Morgan fingerprint density at radius 2 is 2.12 bits per heavy atom. The summed E-state index contributed by atoms with van der Waals surface area (Å²) in [6, 6.07) is 2.27. The van der Waals surface area contributed by atoms with Gasteiger partial charge in [-0.2, -0.15) is 0 Å². The predicted molar refractivity (Wildman–Crippen MR) is 62.4 cm³/mol. The molecule has 1 aromatic rings. The highest BCUT2D eigenvalue weighted by Crippen LogP contribution is 2.25. The van der Waals surface area contributed by atoms with E-state index in [1.807, 2.05) is 0 Å². The molecule has 1 rings (SSSR count). The molecule has 0 saturated heterocycles. The lowest BCUT2D eigenvalue weighted by Crippen LogP contribution is -2.07. The van der Waals surface area contributed by atoms with Crippen LogP contribution in [0.15, 0.2) is 18.2 Å². The Morgan fingerprint density at radius 3 is 2.65 bits per heavy atom. The van der Waals surface area contributed by atoms with Gasteiger partial charge in [0.2, 0.25) is 5.91 Å². The van der Waals surface area contributed by atoms with Crippen molar-refractivity contribution in [1.82, 2.24) is 0 Å². The number of anilines is 1. The number of aliphatic carboxylic acids is 1. The maximum absolute atomic E-state index is 13.2. The molecule has 0 heterocycles. The molecular formula is C11H9ClFNO3. The molecule has 0 fully saturated rings. The van der Waals surface area contributed by atoms with Crippen LogP contribution in [0.4, 0.5) is 10.1 Å². The molecule has 0 atom stereocenters. The average molecular weight is 258 g/mol. The maximum atomic E-state index is 13.2. The van der Waals surface area contributed by atoms with Gasteiger partial charge in [0.05, 0.1) is 5.02 Å². The number of carboxylic acids is 1. The second-order valence-electron chi connectivity index (χ2n) is 3.21. The van der Waals surface area contributed by atoms with E-state index in [0.717, 1.165) is 12.1 Å². The summed E-state index contributed by atoms with van der Waals surface area (Å²) < 4.78 is 13.2. The van der Waals surface area contributed by atoms with E-state index < -0.39 is 11.8 Å². The lowest BCUT2D eigenvalue weighted by atomic mass is 10.1. The van der Waals surface area contributed by atoms with Crippen molar-refractivity contribution in [3.05, 3.63) is 34.6 Å². The second kappa shape index (κ2) is 5.45. The number of carbonyl (C=O) groups excluding carboxylic acids is 1. The van der Waals surface area contributed by atoms with Crippen molar-refractivity contribution in [3.8, 4) is 0 Å². The third-order valence-corrected chi connectivity index (χ3v) is 2.10. The molecule has 2 N–H and O–H groups in total. The lowest BCUT2D eigenvalue weighted by molar-refractivity contribution is -0.131. The van der Waals surface area contributed by atoms with Gasteiger partial charge in [-0.25, -0.2) is 9.18 Å². The largest absolute Gasteiger partial charge is 0.478 e. The number of rotatable bonds is 3. The van der Waals surface area contributed by atoms with Crippen molar-refractivity contribution in [2.75, 3.05) is 5.32 Å². The Kier molecular flexibility index (Phi) is 4.23. The van der Waals surface area contributed by atoms with Crippen LogP contribution in [-0.2, 0) is 9.59 Å². The summed E-state index contributed by atoms with van der Waals surface area (Å²) in [5.41, 5.74) is 0.478. The molecule has 0 radical (unpaired) electrons.